The van der Waals surface area contributed by atoms with Crippen molar-refractivity contribution in [2.45, 2.75) is 14.1 Å². The summed E-state index contributed by atoms with van der Waals surface area (Å²) < 4.78 is 29.0. The molecule has 0 spiro atoms. The molecule has 0 aliphatic heterocycles. The molecule has 0 N–H and O–H groups in total. The quantitative estimate of drug-likeness (QED) is 0.421. The zero-order chi connectivity index (χ0) is 3.58. The van der Waals surface area contributed by atoms with E-state index < -0.39 is 6.68 Å². The van der Waals surface area contributed by atoms with Crippen LogP contribution < -0.4 is 0 Å². The van der Waals surface area contributed by atoms with E-state index in [4.69, 9.17) is 0 Å². The lowest BCUT2D eigenvalue weighted by Gasteiger charge is -1.65. The summed E-state index contributed by atoms with van der Waals surface area (Å²) in [5.41, 5.74) is 0. The number of halogens is 3. The average Bonchev–Trinajstić information content (AvgIpc) is 0.811. The van der Waals surface area contributed by atoms with E-state index in [0.29, 0.717) is 0 Å². The fourth-order valence-electron chi connectivity index (χ4n) is 0. The zero-order valence-electron chi connectivity index (χ0n) is 1.71. The molecule has 0 atom stereocenters. The summed E-state index contributed by atoms with van der Waals surface area (Å²) in [6, 6.07) is 0. The molecule has 0 saturated carbocycles. The van der Waals surface area contributed by atoms with Crippen molar-refractivity contribution < 1.29 is 13.2 Å². The first kappa shape index (κ1) is 8.84. The topological polar surface area (TPSA) is 0 Å². The normalized spacial score (nSPS) is 7.20. The molecule has 0 aliphatic rings. The number of hydrogen-bond acceptors (Lipinski definition) is 0. The van der Waals surface area contributed by atoms with Crippen LogP contribution >= 0.6 is 0 Å². The van der Waals surface area contributed by atoms with Crippen molar-refractivity contribution in [3.63, 3.8) is 0 Å². The van der Waals surface area contributed by atoms with Crippen LogP contribution in [0.2, 0.25) is 0 Å². The van der Waals surface area contributed by atoms with Crippen molar-refractivity contribution in [3.05, 3.63) is 0 Å². The van der Waals surface area contributed by atoms with E-state index in [0.717, 1.165) is 0 Å². The Morgan fingerprint density at radius 2 is 1.00 bits per heavy atom. The zero-order valence-corrected chi connectivity index (χ0v) is 1.71. The fraction of sp³-hybridized carbons (Fsp3) is 1.00. The van der Waals surface area contributed by atoms with Gasteiger partial charge in [0.05, 0.1) is 0 Å². The van der Waals surface area contributed by atoms with Gasteiger partial charge in [0.2, 0.25) is 0 Å². The highest BCUT2D eigenvalue weighted by Crippen LogP contribution is 1.87. The lowest BCUT2D eigenvalue weighted by molar-refractivity contribution is 0.00819. The highest BCUT2D eigenvalue weighted by molar-refractivity contribution is 3.83. The summed E-state index contributed by atoms with van der Waals surface area (Å²) in [6.45, 7) is -3.67. The Morgan fingerprint density at radius 1 is 1.00 bits per heavy atom. The van der Waals surface area contributed by atoms with Crippen molar-refractivity contribution >= 4 is 0 Å². The maximum Gasteiger partial charge on any atom is 0.379 e. The minimum Gasteiger partial charge on any atom is -0.174 e. The third kappa shape index (κ3) is 275. The van der Waals surface area contributed by atoms with Gasteiger partial charge >= 0.3 is 6.68 Å². The maximum absolute atomic E-state index is 9.67. The van der Waals surface area contributed by atoms with E-state index in [1.165, 1.54) is 0 Å². The van der Waals surface area contributed by atoms with Crippen LogP contribution in [0.4, 0.5) is 13.2 Å². The van der Waals surface area contributed by atoms with E-state index in [2.05, 4.69) is 0 Å². The second-order valence-corrected chi connectivity index (χ2v) is 0.247. The molecule has 0 aromatic carbocycles. The monoisotopic (exact) mass is 86.0 g/mol. The first-order chi connectivity index (χ1) is 1.73. The average molecular weight is 86.1 g/mol. The fourth-order valence-corrected chi connectivity index (χ4v) is 0. The van der Waals surface area contributed by atoms with Gasteiger partial charge in [-0.3, -0.25) is 0 Å². The standard InChI is InChI=1S/CHF3.CH4/c2-1(3)4;/h1H;1H4. The molecule has 0 aromatic rings. The summed E-state index contributed by atoms with van der Waals surface area (Å²) in [7, 11) is 0. The third-order valence-corrected chi connectivity index (χ3v) is 0. The minimum absolute atomic E-state index is 0. The molecule has 3 heteroatoms. The van der Waals surface area contributed by atoms with Crippen LogP contribution in [0.1, 0.15) is 7.43 Å². The number of alkyl halides is 3. The highest BCUT2D eigenvalue weighted by atomic mass is 19.4. The molecule has 0 amide bonds. The van der Waals surface area contributed by atoms with Gasteiger partial charge in [-0.2, -0.15) is 13.2 Å². The van der Waals surface area contributed by atoms with E-state index in [1.54, 1.807) is 0 Å². The Morgan fingerprint density at radius 3 is 1.00 bits per heavy atom. The van der Waals surface area contributed by atoms with Gasteiger partial charge in [0.15, 0.2) is 0 Å². The van der Waals surface area contributed by atoms with Crippen molar-refractivity contribution in [1.29, 1.82) is 0 Å². The Bertz CT molecular complexity index is 9.61. The molecule has 0 rings (SSSR count). The minimum atomic E-state index is -3.67. The van der Waals surface area contributed by atoms with Gasteiger partial charge in [-0.25, -0.2) is 0 Å². The van der Waals surface area contributed by atoms with Gasteiger partial charge < -0.3 is 0 Å². The summed E-state index contributed by atoms with van der Waals surface area (Å²) in [6.07, 6.45) is 0. The first-order valence-corrected chi connectivity index (χ1v) is 0.655. The molecule has 0 radical (unpaired) electrons. The summed E-state index contributed by atoms with van der Waals surface area (Å²) in [5.74, 6) is 0. The molecular weight excluding hydrogens is 81.0 g/mol. The summed E-state index contributed by atoms with van der Waals surface area (Å²) in [5, 5.41) is 0. The van der Waals surface area contributed by atoms with Crippen LogP contribution in [0.3, 0.4) is 0 Å². The van der Waals surface area contributed by atoms with Gasteiger partial charge in [-0.15, -0.1) is 0 Å². The van der Waals surface area contributed by atoms with Gasteiger partial charge in [-0.1, -0.05) is 7.43 Å². The molecule has 0 aromatic heterocycles. The lowest BCUT2D eigenvalue weighted by atomic mass is 11.6. The SMILES string of the molecule is C.FC(F)F. The molecule has 0 bridgehead atoms. The van der Waals surface area contributed by atoms with Crippen molar-refractivity contribution in [2.24, 2.45) is 0 Å². The molecule has 0 heterocycles. The second-order valence-electron chi connectivity index (χ2n) is 0.247. The van der Waals surface area contributed by atoms with Gasteiger partial charge in [-0.05, 0) is 0 Å². The van der Waals surface area contributed by atoms with Gasteiger partial charge in [0, 0.05) is 0 Å². The molecule has 0 fully saturated rings. The van der Waals surface area contributed by atoms with E-state index in [1.807, 2.05) is 0 Å². The van der Waals surface area contributed by atoms with E-state index in [-0.39, 0.29) is 7.43 Å². The van der Waals surface area contributed by atoms with Crippen LogP contribution in [-0.4, -0.2) is 6.68 Å². The Balaban J connectivity index is 0. The van der Waals surface area contributed by atoms with E-state index >= 15 is 0 Å². The van der Waals surface area contributed by atoms with E-state index in [9.17, 15) is 13.2 Å². The number of hydrogen-bond donors (Lipinski definition) is 0. The number of rotatable bonds is 0. The first-order valence-electron chi connectivity index (χ1n) is 0.655. The van der Waals surface area contributed by atoms with Gasteiger partial charge in [0.1, 0.15) is 0 Å². The Labute approximate surface area is 28.6 Å². The molecule has 5 heavy (non-hydrogen) atoms. The lowest BCUT2D eigenvalue weighted by Crippen LogP contribution is -1.65. The van der Waals surface area contributed by atoms with Gasteiger partial charge in [0.25, 0.3) is 0 Å². The summed E-state index contributed by atoms with van der Waals surface area (Å²) >= 11 is 0. The Hall–Kier alpha value is -0.210. The van der Waals surface area contributed by atoms with Crippen LogP contribution in [0.25, 0.3) is 0 Å². The van der Waals surface area contributed by atoms with Crippen LogP contribution in [0.15, 0.2) is 0 Å². The molecule has 34 valence electrons. The molecule has 0 nitrogen and oxygen atoms in total. The molecule has 0 saturated heterocycles. The molecule has 0 unspecified atom stereocenters. The van der Waals surface area contributed by atoms with Crippen LogP contribution in [0, 0.1) is 0 Å². The predicted octanol–water partition coefficient (Wildman–Crippen LogP) is 1.81. The Kier molecular flexibility index (Phi) is 6.70. The van der Waals surface area contributed by atoms with Crippen molar-refractivity contribution in [3.8, 4) is 0 Å². The predicted molar refractivity (Wildman–Crippen MR) is 13.8 cm³/mol. The molecular formula is C2H5F3. The summed E-state index contributed by atoms with van der Waals surface area (Å²) in [4.78, 5) is 0. The van der Waals surface area contributed by atoms with Crippen molar-refractivity contribution in [2.75, 3.05) is 0 Å². The third-order valence-electron chi connectivity index (χ3n) is 0. The van der Waals surface area contributed by atoms with Crippen LogP contribution in [-0.2, 0) is 0 Å². The maximum atomic E-state index is 9.67. The molecule has 0 aliphatic carbocycles. The van der Waals surface area contributed by atoms with Crippen LogP contribution in [0.5, 0.6) is 0 Å². The highest BCUT2D eigenvalue weighted by Gasteiger charge is 1.86. The van der Waals surface area contributed by atoms with Crippen molar-refractivity contribution in [1.82, 2.24) is 0 Å². The largest absolute Gasteiger partial charge is 0.379 e. The smallest absolute Gasteiger partial charge is 0.174 e. The second kappa shape index (κ2) is 3.79.